The van der Waals surface area contributed by atoms with Crippen molar-refractivity contribution < 1.29 is 13.5 Å². The van der Waals surface area contributed by atoms with Gasteiger partial charge in [-0.15, -0.1) is 0 Å². The van der Waals surface area contributed by atoms with Crippen molar-refractivity contribution in [3.63, 3.8) is 0 Å². The van der Waals surface area contributed by atoms with E-state index in [-0.39, 0.29) is 0 Å². The van der Waals surface area contributed by atoms with Crippen LogP contribution in [0, 0.1) is 0 Å². The maximum absolute atomic E-state index is 11.4. The molecule has 84 valence electrons. The Bertz CT molecular complexity index is 276. The molecule has 14 heavy (non-hydrogen) atoms. The molecule has 2 atom stereocenters. The van der Waals surface area contributed by atoms with Gasteiger partial charge in [0.25, 0.3) is 0 Å². The third-order valence-corrected chi connectivity index (χ3v) is 4.87. The summed E-state index contributed by atoms with van der Waals surface area (Å²) in [6, 6.07) is 0. The van der Waals surface area contributed by atoms with E-state index >= 15 is 0 Å². The first kappa shape index (κ1) is 12.3. The molecular weight excluding hydrogens is 222 g/mol. The summed E-state index contributed by atoms with van der Waals surface area (Å²) in [7, 11) is -3.03. The van der Waals surface area contributed by atoms with Crippen LogP contribution in [0.1, 0.15) is 6.92 Å². The molecule has 0 aromatic heterocycles. The lowest BCUT2D eigenvalue weighted by molar-refractivity contribution is 0.124. The molecule has 0 aliphatic carbocycles. The van der Waals surface area contributed by atoms with E-state index in [1.54, 1.807) is 18.7 Å². The van der Waals surface area contributed by atoms with Crippen LogP contribution in [-0.4, -0.2) is 60.8 Å². The van der Waals surface area contributed by atoms with Crippen molar-refractivity contribution in [3.05, 3.63) is 0 Å². The van der Waals surface area contributed by atoms with E-state index in [0.717, 1.165) is 12.3 Å². The fourth-order valence-electron chi connectivity index (χ4n) is 1.56. The fraction of sp³-hybridized carbons (Fsp3) is 1.00. The summed E-state index contributed by atoms with van der Waals surface area (Å²) in [4.78, 5) is 1.86. The molecule has 1 fully saturated rings. The second-order valence-electron chi connectivity index (χ2n) is 3.70. The second-order valence-corrected chi connectivity index (χ2v) is 7.06. The summed E-state index contributed by atoms with van der Waals surface area (Å²) in [6.45, 7) is 2.87. The Morgan fingerprint density at radius 2 is 2.29 bits per heavy atom. The first-order chi connectivity index (χ1) is 6.41. The maximum Gasteiger partial charge on any atom is 0.164 e. The average Bonchev–Trinajstić information content (AvgIpc) is 2.01. The van der Waals surface area contributed by atoms with Crippen LogP contribution < -0.4 is 0 Å². The minimum atomic E-state index is -3.03. The van der Waals surface area contributed by atoms with Crippen molar-refractivity contribution in [2.45, 2.75) is 18.4 Å². The normalized spacial score (nSPS) is 27.5. The van der Waals surface area contributed by atoms with Crippen molar-refractivity contribution in [2.24, 2.45) is 0 Å². The van der Waals surface area contributed by atoms with E-state index < -0.39 is 21.3 Å². The fourth-order valence-corrected chi connectivity index (χ4v) is 4.51. The summed E-state index contributed by atoms with van der Waals surface area (Å²) in [5, 5.41) is 8.82. The van der Waals surface area contributed by atoms with Crippen LogP contribution in [0.5, 0.6) is 0 Å². The molecule has 0 aromatic rings. The van der Waals surface area contributed by atoms with E-state index in [2.05, 4.69) is 0 Å². The highest BCUT2D eigenvalue weighted by molar-refractivity contribution is 8.00. The standard InChI is InChI=1S/C8H17NO3S2/c1-7(10)5-9-3-4-13-6-8(9)14(2,11)12/h7-8,10H,3-6H2,1-2H3/t7-,8?/m0/s1. The second kappa shape index (κ2) is 4.83. The number of nitrogens with zero attached hydrogens (tertiary/aromatic N) is 1. The molecule has 1 N–H and O–H groups in total. The zero-order valence-corrected chi connectivity index (χ0v) is 10.1. The lowest BCUT2D eigenvalue weighted by atomic mass is 10.3. The van der Waals surface area contributed by atoms with Crippen LogP contribution in [0.25, 0.3) is 0 Å². The van der Waals surface area contributed by atoms with Crippen LogP contribution in [0.4, 0.5) is 0 Å². The minimum Gasteiger partial charge on any atom is -0.392 e. The van der Waals surface area contributed by atoms with Gasteiger partial charge in [0.05, 0.1) is 6.10 Å². The molecule has 1 aliphatic heterocycles. The SMILES string of the molecule is C[C@H](O)CN1CCSCC1S(C)(=O)=O. The predicted molar refractivity (Wildman–Crippen MR) is 59.2 cm³/mol. The molecule has 1 aliphatic rings. The van der Waals surface area contributed by atoms with Crippen molar-refractivity contribution in [1.29, 1.82) is 0 Å². The first-order valence-electron chi connectivity index (χ1n) is 4.60. The number of sulfone groups is 1. The molecule has 1 heterocycles. The van der Waals surface area contributed by atoms with Gasteiger partial charge < -0.3 is 5.11 Å². The Balaban J connectivity index is 2.69. The smallest absolute Gasteiger partial charge is 0.164 e. The summed E-state index contributed by atoms with van der Waals surface area (Å²) < 4.78 is 22.9. The quantitative estimate of drug-likeness (QED) is 0.738. The zero-order valence-electron chi connectivity index (χ0n) is 8.51. The first-order valence-corrected chi connectivity index (χ1v) is 7.71. The van der Waals surface area contributed by atoms with Gasteiger partial charge in [0.1, 0.15) is 5.37 Å². The number of hydrogen-bond acceptors (Lipinski definition) is 5. The monoisotopic (exact) mass is 239 g/mol. The van der Waals surface area contributed by atoms with Crippen molar-refractivity contribution in [1.82, 2.24) is 4.90 Å². The van der Waals surface area contributed by atoms with Gasteiger partial charge >= 0.3 is 0 Å². The molecular formula is C8H17NO3S2. The van der Waals surface area contributed by atoms with Gasteiger partial charge in [-0.2, -0.15) is 11.8 Å². The number of aliphatic hydroxyl groups is 1. The lowest BCUT2D eigenvalue weighted by Crippen LogP contribution is -2.49. The molecule has 1 unspecified atom stereocenters. The molecule has 6 heteroatoms. The number of β-amino-alcohol motifs (C(OH)–C–C–N with tert-alkyl or cyclic N) is 1. The molecule has 0 aromatic carbocycles. The minimum absolute atomic E-state index is 0.421. The van der Waals surface area contributed by atoms with Crippen LogP contribution in [0.2, 0.25) is 0 Å². The zero-order chi connectivity index (χ0) is 10.8. The largest absolute Gasteiger partial charge is 0.392 e. The third kappa shape index (κ3) is 3.42. The van der Waals surface area contributed by atoms with Gasteiger partial charge in [-0.25, -0.2) is 8.42 Å². The third-order valence-electron chi connectivity index (χ3n) is 2.18. The maximum atomic E-state index is 11.4. The summed E-state index contributed by atoms with van der Waals surface area (Å²) >= 11 is 1.66. The van der Waals surface area contributed by atoms with E-state index in [4.69, 9.17) is 0 Å². The van der Waals surface area contributed by atoms with Crippen LogP contribution in [0.15, 0.2) is 0 Å². The number of thioether (sulfide) groups is 1. The predicted octanol–water partition coefficient (Wildman–Crippen LogP) is -0.213. The van der Waals surface area contributed by atoms with Crippen LogP contribution in [-0.2, 0) is 9.84 Å². The van der Waals surface area contributed by atoms with Gasteiger partial charge in [0, 0.05) is 30.9 Å². The summed E-state index contributed by atoms with van der Waals surface area (Å²) in [5.74, 6) is 1.56. The van der Waals surface area contributed by atoms with E-state index in [1.807, 2.05) is 4.90 Å². The van der Waals surface area contributed by atoms with E-state index in [9.17, 15) is 13.5 Å². The topological polar surface area (TPSA) is 57.6 Å². The Kier molecular flexibility index (Phi) is 4.24. The molecule has 1 rings (SSSR count). The Morgan fingerprint density at radius 3 is 2.79 bits per heavy atom. The highest BCUT2D eigenvalue weighted by Gasteiger charge is 2.31. The summed E-state index contributed by atoms with van der Waals surface area (Å²) in [5.41, 5.74) is 0. The number of aliphatic hydroxyl groups excluding tert-OH is 1. The molecule has 0 bridgehead atoms. The van der Waals surface area contributed by atoms with Crippen molar-refractivity contribution in [2.75, 3.05) is 30.9 Å². The molecule has 0 radical (unpaired) electrons. The number of hydrogen-bond donors (Lipinski definition) is 1. The van der Waals surface area contributed by atoms with Crippen molar-refractivity contribution >= 4 is 21.6 Å². The molecule has 1 saturated heterocycles. The Labute approximate surface area is 89.6 Å². The van der Waals surface area contributed by atoms with Gasteiger partial charge in [0.15, 0.2) is 9.84 Å². The molecule has 0 spiro atoms. The highest BCUT2D eigenvalue weighted by Crippen LogP contribution is 2.20. The van der Waals surface area contributed by atoms with E-state index in [0.29, 0.717) is 12.3 Å². The van der Waals surface area contributed by atoms with Gasteiger partial charge in [0.2, 0.25) is 0 Å². The Hall–Kier alpha value is 0.220. The van der Waals surface area contributed by atoms with Crippen molar-refractivity contribution in [3.8, 4) is 0 Å². The lowest BCUT2D eigenvalue weighted by Gasteiger charge is -2.34. The van der Waals surface area contributed by atoms with E-state index in [1.165, 1.54) is 6.26 Å². The average molecular weight is 239 g/mol. The van der Waals surface area contributed by atoms with Gasteiger partial charge in [-0.3, -0.25) is 4.90 Å². The molecule has 4 nitrogen and oxygen atoms in total. The Morgan fingerprint density at radius 1 is 1.64 bits per heavy atom. The number of rotatable bonds is 3. The highest BCUT2D eigenvalue weighted by atomic mass is 32.2. The van der Waals surface area contributed by atoms with Crippen LogP contribution in [0.3, 0.4) is 0 Å². The van der Waals surface area contributed by atoms with Gasteiger partial charge in [-0.05, 0) is 6.92 Å². The summed E-state index contributed by atoms with van der Waals surface area (Å²) in [6.07, 6.45) is 0.792. The van der Waals surface area contributed by atoms with Crippen LogP contribution >= 0.6 is 11.8 Å². The molecule has 0 saturated carbocycles. The van der Waals surface area contributed by atoms with Gasteiger partial charge in [-0.1, -0.05) is 0 Å². The molecule has 0 amide bonds.